The third-order valence-corrected chi connectivity index (χ3v) is 8.08. The number of carbonyl (C=O) groups is 1. The normalized spacial score (nSPS) is 11.7. The number of hydrogen-bond acceptors (Lipinski definition) is 3. The van der Waals surface area contributed by atoms with Gasteiger partial charge < -0.3 is 5.32 Å². The summed E-state index contributed by atoms with van der Waals surface area (Å²) < 4.78 is 28.3. The fourth-order valence-electron chi connectivity index (χ4n) is 4.09. The van der Waals surface area contributed by atoms with Crippen LogP contribution >= 0.6 is 7.44 Å². The van der Waals surface area contributed by atoms with E-state index in [0.29, 0.717) is 30.5 Å². The average molecular weight is 494 g/mol. The number of benzene rings is 3. The number of hydrogen-bond donors (Lipinski definition) is 3. The smallest absolute Gasteiger partial charge is 0.255 e. The highest BCUT2D eigenvalue weighted by molar-refractivity contribution is 7.59. The minimum atomic E-state index is -2.70. The number of fused-ring (bicyclic) bond motifs is 1. The van der Waals surface area contributed by atoms with Gasteiger partial charge in [0.15, 0.2) is 0 Å². The van der Waals surface area contributed by atoms with Crippen LogP contribution in [0.25, 0.3) is 16.7 Å². The van der Waals surface area contributed by atoms with Crippen molar-refractivity contribution in [2.24, 2.45) is 0 Å². The molecule has 0 fully saturated rings. The number of imidazole rings is 1. The Labute approximate surface area is 204 Å². The Morgan fingerprint density at radius 1 is 0.971 bits per heavy atom. The number of rotatable bonds is 9. The van der Waals surface area contributed by atoms with E-state index < -0.39 is 7.44 Å². The molecule has 1 amide bonds. The Hall–Kier alpha value is -3.32. The van der Waals surface area contributed by atoms with E-state index in [1.54, 1.807) is 42.5 Å². The van der Waals surface area contributed by atoms with Crippen molar-refractivity contribution in [1.82, 2.24) is 19.7 Å². The molecule has 0 saturated heterocycles. The third-order valence-electron chi connectivity index (χ3n) is 5.61. The second kappa shape index (κ2) is 10.5. The van der Waals surface area contributed by atoms with E-state index >= 15 is 0 Å². The molecule has 0 aliphatic carbocycles. The van der Waals surface area contributed by atoms with Crippen LogP contribution < -0.4 is 15.5 Å². The van der Waals surface area contributed by atoms with Crippen molar-refractivity contribution in [3.63, 3.8) is 0 Å². The average Bonchev–Trinajstić information content (AvgIpc) is 3.16. The summed E-state index contributed by atoms with van der Waals surface area (Å²) in [5.74, 6) is 0.176. The highest BCUT2D eigenvalue weighted by Gasteiger charge is 2.20. The summed E-state index contributed by atoms with van der Waals surface area (Å²) in [5.41, 5.74) is 4.32. The van der Waals surface area contributed by atoms with Crippen molar-refractivity contribution in [2.45, 2.75) is 26.9 Å². The first kappa shape index (κ1) is 24.8. The minimum Gasteiger partial charge on any atom is -0.322 e. The topological polar surface area (TPSA) is 88.1 Å². The fraction of sp³-hybridized carbons (Fsp3) is 0.231. The highest BCUT2D eigenvalue weighted by atomic mass is 31.2. The van der Waals surface area contributed by atoms with Gasteiger partial charge in [-0.15, -0.1) is 0 Å². The molecule has 7 nitrogen and oxygen atoms in total. The highest BCUT2D eigenvalue weighted by Crippen LogP contribution is 2.40. The summed E-state index contributed by atoms with van der Waals surface area (Å²) in [6.07, 6.45) is 0.381. The van der Waals surface area contributed by atoms with Crippen LogP contribution in [0, 0.1) is 12.7 Å². The molecule has 4 aromatic rings. The molecule has 3 N–H and O–H groups in total. The summed E-state index contributed by atoms with van der Waals surface area (Å²) in [4.78, 5) is 17.6. The van der Waals surface area contributed by atoms with Crippen LogP contribution in [0.15, 0.2) is 66.7 Å². The molecule has 1 aromatic heterocycles. The number of anilines is 1. The molecule has 0 bridgehead atoms. The first-order chi connectivity index (χ1) is 16.8. The van der Waals surface area contributed by atoms with Crippen molar-refractivity contribution in [3.8, 4) is 5.69 Å². The largest absolute Gasteiger partial charge is 0.322 e. The maximum atomic E-state index is 13.4. The molecule has 0 aliphatic heterocycles. The standard InChI is InChI=1S/C26H29FN5O2P/c1-4-28-35(34,29-5-2)17-19-6-11-22(12-7-19)31-26(33)20-8-15-24-25(16-20)32(18(3)30-24)23-13-9-21(27)10-14-23/h6-16H,4-5,17H2,1-3H3,(H,31,33)(H2,28,29,34). The molecular weight excluding hydrogens is 464 g/mol. The van der Waals surface area contributed by atoms with Gasteiger partial charge in [-0.25, -0.2) is 9.37 Å². The van der Waals surface area contributed by atoms with Crippen molar-refractivity contribution < 1.29 is 13.8 Å². The summed E-state index contributed by atoms with van der Waals surface area (Å²) >= 11 is 0. The number of halogens is 1. The van der Waals surface area contributed by atoms with Gasteiger partial charge in [0.2, 0.25) is 7.44 Å². The summed E-state index contributed by atoms with van der Waals surface area (Å²) in [6, 6.07) is 18.8. The van der Waals surface area contributed by atoms with Gasteiger partial charge in [0.25, 0.3) is 5.91 Å². The molecule has 0 spiro atoms. The van der Waals surface area contributed by atoms with Crippen LogP contribution in [0.2, 0.25) is 0 Å². The van der Waals surface area contributed by atoms with E-state index in [2.05, 4.69) is 20.5 Å². The molecule has 0 aliphatic rings. The summed E-state index contributed by atoms with van der Waals surface area (Å²) in [7, 11) is -2.70. The molecular formula is C26H29FN5O2P. The SMILES string of the molecule is CCNP(=O)(Cc1ccc(NC(=O)c2ccc3nc(C)n(-c4ccc(F)cc4)c3c2)cc1)NCC. The summed E-state index contributed by atoms with van der Waals surface area (Å²) in [5, 5.41) is 9.04. The maximum absolute atomic E-state index is 13.4. The van der Waals surface area contributed by atoms with Crippen molar-refractivity contribution in [1.29, 1.82) is 0 Å². The van der Waals surface area contributed by atoms with E-state index in [1.165, 1.54) is 12.1 Å². The van der Waals surface area contributed by atoms with Crippen molar-refractivity contribution >= 4 is 30.1 Å². The molecule has 182 valence electrons. The molecule has 1 heterocycles. The minimum absolute atomic E-state index is 0.255. The van der Waals surface area contributed by atoms with E-state index in [0.717, 1.165) is 28.1 Å². The predicted octanol–water partition coefficient (Wildman–Crippen LogP) is 5.64. The van der Waals surface area contributed by atoms with E-state index in [9.17, 15) is 13.8 Å². The van der Waals surface area contributed by atoms with Crippen LogP contribution in [0.4, 0.5) is 10.1 Å². The van der Waals surface area contributed by atoms with E-state index in [1.807, 2.05) is 37.5 Å². The quantitative estimate of drug-likeness (QED) is 0.263. The Balaban J connectivity index is 1.53. The van der Waals surface area contributed by atoms with Crippen molar-refractivity contribution in [2.75, 3.05) is 18.4 Å². The first-order valence-corrected chi connectivity index (χ1v) is 13.5. The van der Waals surface area contributed by atoms with Gasteiger partial charge in [-0.3, -0.25) is 24.1 Å². The van der Waals surface area contributed by atoms with Gasteiger partial charge in [0.05, 0.1) is 17.2 Å². The van der Waals surface area contributed by atoms with Crippen LogP contribution in [0.3, 0.4) is 0 Å². The fourth-order valence-corrected chi connectivity index (χ4v) is 6.17. The lowest BCUT2D eigenvalue weighted by molar-refractivity contribution is 0.102. The lowest BCUT2D eigenvalue weighted by Gasteiger charge is -2.19. The van der Waals surface area contributed by atoms with Gasteiger partial charge >= 0.3 is 0 Å². The maximum Gasteiger partial charge on any atom is 0.255 e. The van der Waals surface area contributed by atoms with Gasteiger partial charge in [0, 0.05) is 16.9 Å². The number of aryl methyl sites for hydroxylation is 1. The van der Waals surface area contributed by atoms with E-state index in [-0.39, 0.29) is 11.7 Å². The van der Waals surface area contributed by atoms with Gasteiger partial charge in [0.1, 0.15) is 11.6 Å². The zero-order chi connectivity index (χ0) is 25.0. The Kier molecular flexibility index (Phi) is 7.45. The Morgan fingerprint density at radius 2 is 1.63 bits per heavy atom. The van der Waals surface area contributed by atoms with Gasteiger partial charge in [-0.2, -0.15) is 0 Å². The monoisotopic (exact) mass is 493 g/mol. The Bertz CT molecular complexity index is 1370. The van der Waals surface area contributed by atoms with Gasteiger partial charge in [-0.1, -0.05) is 26.0 Å². The molecule has 0 unspecified atom stereocenters. The molecule has 0 radical (unpaired) electrons. The van der Waals surface area contributed by atoms with Gasteiger partial charge in [-0.05, 0) is 80.2 Å². The predicted molar refractivity (Wildman–Crippen MR) is 139 cm³/mol. The third kappa shape index (κ3) is 5.68. The molecule has 9 heteroatoms. The second-order valence-electron chi connectivity index (χ2n) is 8.25. The van der Waals surface area contributed by atoms with Crippen LogP contribution in [0.5, 0.6) is 0 Å². The number of nitrogens with zero attached hydrogens (tertiary/aromatic N) is 2. The van der Waals surface area contributed by atoms with Crippen LogP contribution in [-0.2, 0) is 10.7 Å². The lowest BCUT2D eigenvalue weighted by Crippen LogP contribution is -2.23. The van der Waals surface area contributed by atoms with E-state index in [4.69, 9.17) is 0 Å². The van der Waals surface area contributed by atoms with Crippen LogP contribution in [-0.4, -0.2) is 28.5 Å². The molecule has 35 heavy (non-hydrogen) atoms. The molecule has 0 atom stereocenters. The second-order valence-corrected chi connectivity index (χ2v) is 10.7. The zero-order valence-electron chi connectivity index (χ0n) is 20.0. The lowest BCUT2D eigenvalue weighted by atomic mass is 10.1. The zero-order valence-corrected chi connectivity index (χ0v) is 20.9. The number of amides is 1. The van der Waals surface area contributed by atoms with Crippen molar-refractivity contribution in [3.05, 3.63) is 89.5 Å². The summed E-state index contributed by atoms with van der Waals surface area (Å²) in [6.45, 7) is 6.95. The molecule has 0 saturated carbocycles. The Morgan fingerprint density at radius 3 is 2.26 bits per heavy atom. The molecule has 3 aromatic carbocycles. The number of nitrogens with one attached hydrogen (secondary N) is 3. The number of carbonyl (C=O) groups excluding carboxylic acids is 1. The first-order valence-electron chi connectivity index (χ1n) is 11.6. The number of aromatic nitrogens is 2. The molecule has 4 rings (SSSR count). The van der Waals surface area contributed by atoms with Crippen LogP contribution in [0.1, 0.15) is 35.6 Å².